The molecule has 2 aromatic carbocycles. The third kappa shape index (κ3) is 5.04. The molecule has 0 N–H and O–H groups in total. The minimum atomic E-state index is 0.657. The average molecular weight is 406 g/mol. The van der Waals surface area contributed by atoms with E-state index in [1.54, 1.807) is 0 Å². The van der Waals surface area contributed by atoms with Gasteiger partial charge in [-0.05, 0) is 82.1 Å². The zero-order valence-corrected chi connectivity index (χ0v) is 18.6. The molecule has 0 radical (unpaired) electrons. The fourth-order valence-corrected chi connectivity index (χ4v) is 4.51. The predicted molar refractivity (Wildman–Crippen MR) is 124 cm³/mol. The number of likely N-dealkylation sites (tertiary alicyclic amines) is 1. The maximum atomic E-state index is 6.15. The number of rotatable bonds is 8. The Kier molecular flexibility index (Phi) is 7.06. The molecule has 30 heavy (non-hydrogen) atoms. The first kappa shape index (κ1) is 20.9. The summed E-state index contributed by atoms with van der Waals surface area (Å²) in [6.07, 6.45) is 7.69. The van der Waals surface area contributed by atoms with E-state index in [2.05, 4.69) is 65.8 Å². The number of aromatic nitrogens is 2. The van der Waals surface area contributed by atoms with Gasteiger partial charge >= 0.3 is 0 Å². The number of fused-ring (bicyclic) bond motifs is 1. The fourth-order valence-electron chi connectivity index (χ4n) is 4.51. The second-order valence-corrected chi connectivity index (χ2v) is 8.57. The third-order valence-electron chi connectivity index (χ3n) is 6.43. The highest BCUT2D eigenvalue weighted by atomic mass is 16.5. The van der Waals surface area contributed by atoms with Crippen molar-refractivity contribution in [3.05, 3.63) is 59.4 Å². The molecule has 0 saturated carbocycles. The lowest BCUT2D eigenvalue weighted by Crippen LogP contribution is -2.26. The second kappa shape index (κ2) is 10.1. The molecule has 4 heteroatoms. The molecule has 0 amide bonds. The Bertz CT molecular complexity index is 954. The number of nitrogens with zero attached hydrogens (tertiary/aromatic N) is 3. The molecular weight excluding hydrogens is 370 g/mol. The van der Waals surface area contributed by atoms with Crippen LogP contribution in [0.15, 0.2) is 42.5 Å². The highest BCUT2D eigenvalue weighted by molar-refractivity contribution is 5.75. The lowest BCUT2D eigenvalue weighted by Gasteiger charge is -2.19. The summed E-state index contributed by atoms with van der Waals surface area (Å²) in [6.45, 7) is 9.46. The van der Waals surface area contributed by atoms with Crippen molar-refractivity contribution in [3.8, 4) is 5.75 Å². The maximum absolute atomic E-state index is 6.15. The van der Waals surface area contributed by atoms with Gasteiger partial charge in [0.15, 0.2) is 0 Å². The molecule has 2 heterocycles. The van der Waals surface area contributed by atoms with E-state index in [-0.39, 0.29) is 0 Å². The Balaban J connectivity index is 1.41. The number of para-hydroxylation sites is 2. The second-order valence-electron chi connectivity index (χ2n) is 8.57. The van der Waals surface area contributed by atoms with Crippen LogP contribution in [-0.4, -0.2) is 40.7 Å². The smallest absolute Gasteiger partial charge is 0.122 e. The van der Waals surface area contributed by atoms with E-state index in [1.807, 2.05) is 0 Å². The number of imidazole rings is 1. The van der Waals surface area contributed by atoms with E-state index >= 15 is 0 Å². The molecule has 1 fully saturated rings. The quantitative estimate of drug-likeness (QED) is 0.493. The number of benzene rings is 2. The largest absolute Gasteiger partial charge is 0.491 e. The van der Waals surface area contributed by atoms with Crippen LogP contribution >= 0.6 is 0 Å². The first-order valence-corrected chi connectivity index (χ1v) is 11.6. The summed E-state index contributed by atoms with van der Waals surface area (Å²) in [5, 5.41) is 0. The molecule has 4 nitrogen and oxygen atoms in total. The molecule has 0 bridgehead atoms. The molecule has 0 atom stereocenters. The molecular formula is C26H35N3O. The van der Waals surface area contributed by atoms with Crippen molar-refractivity contribution >= 4 is 11.0 Å². The van der Waals surface area contributed by atoms with E-state index in [0.717, 1.165) is 24.2 Å². The summed E-state index contributed by atoms with van der Waals surface area (Å²) in [5.41, 5.74) is 4.81. The molecule has 1 saturated heterocycles. The summed E-state index contributed by atoms with van der Waals surface area (Å²) < 4.78 is 8.52. The van der Waals surface area contributed by atoms with Crippen LogP contribution in [0.4, 0.5) is 0 Å². The minimum Gasteiger partial charge on any atom is -0.491 e. The van der Waals surface area contributed by atoms with Crippen LogP contribution in [0.1, 0.15) is 49.1 Å². The molecule has 4 rings (SSSR count). The van der Waals surface area contributed by atoms with Crippen LogP contribution in [0.5, 0.6) is 5.75 Å². The van der Waals surface area contributed by atoms with E-state index in [0.29, 0.717) is 6.61 Å². The zero-order valence-electron chi connectivity index (χ0n) is 18.6. The van der Waals surface area contributed by atoms with Crippen molar-refractivity contribution in [3.63, 3.8) is 0 Å². The summed E-state index contributed by atoms with van der Waals surface area (Å²) in [5.74, 6) is 2.18. The lowest BCUT2D eigenvalue weighted by molar-refractivity contribution is 0.278. The van der Waals surface area contributed by atoms with Crippen LogP contribution in [0.25, 0.3) is 11.0 Å². The Morgan fingerprint density at radius 2 is 1.70 bits per heavy atom. The van der Waals surface area contributed by atoms with Crippen LogP contribution in [0.3, 0.4) is 0 Å². The molecule has 0 spiro atoms. The fraction of sp³-hybridized carbons (Fsp3) is 0.500. The van der Waals surface area contributed by atoms with Gasteiger partial charge in [-0.3, -0.25) is 0 Å². The standard InChI is InChI=1S/C26H35N3O/c1-21-11-9-14-25(22(21)2)30-20-19-29-24-13-6-5-12-23(24)27-26(29)15-10-18-28-16-7-3-4-8-17-28/h5-6,9,11-14H,3-4,7-8,10,15-20H2,1-2H3. The van der Waals surface area contributed by atoms with Gasteiger partial charge in [0.1, 0.15) is 18.2 Å². The van der Waals surface area contributed by atoms with Gasteiger partial charge in [0.25, 0.3) is 0 Å². The van der Waals surface area contributed by atoms with Crippen molar-refractivity contribution in [1.29, 1.82) is 0 Å². The van der Waals surface area contributed by atoms with E-state index in [9.17, 15) is 0 Å². The van der Waals surface area contributed by atoms with Crippen LogP contribution in [-0.2, 0) is 13.0 Å². The monoisotopic (exact) mass is 405 g/mol. The molecule has 160 valence electrons. The molecule has 1 aromatic heterocycles. The van der Waals surface area contributed by atoms with Crippen molar-refractivity contribution in [2.45, 2.75) is 58.9 Å². The van der Waals surface area contributed by atoms with Gasteiger partial charge in [0, 0.05) is 6.42 Å². The van der Waals surface area contributed by atoms with Crippen molar-refractivity contribution in [1.82, 2.24) is 14.5 Å². The number of aryl methyl sites for hydroxylation is 2. The Hall–Kier alpha value is -2.33. The Morgan fingerprint density at radius 1 is 0.900 bits per heavy atom. The average Bonchev–Trinajstić information content (AvgIpc) is 2.91. The topological polar surface area (TPSA) is 30.3 Å². The molecule has 0 unspecified atom stereocenters. The van der Waals surface area contributed by atoms with Gasteiger partial charge in [0.2, 0.25) is 0 Å². The molecule has 1 aliphatic heterocycles. The summed E-state index contributed by atoms with van der Waals surface area (Å²) in [6, 6.07) is 14.7. The number of hydrogen-bond donors (Lipinski definition) is 0. The van der Waals surface area contributed by atoms with E-state index < -0.39 is 0 Å². The van der Waals surface area contributed by atoms with Crippen molar-refractivity contribution in [2.24, 2.45) is 0 Å². The number of ether oxygens (including phenoxy) is 1. The maximum Gasteiger partial charge on any atom is 0.122 e. The van der Waals surface area contributed by atoms with Gasteiger partial charge in [-0.25, -0.2) is 4.98 Å². The van der Waals surface area contributed by atoms with Crippen LogP contribution < -0.4 is 4.74 Å². The minimum absolute atomic E-state index is 0.657. The third-order valence-corrected chi connectivity index (χ3v) is 6.43. The lowest BCUT2D eigenvalue weighted by atomic mass is 10.1. The van der Waals surface area contributed by atoms with Gasteiger partial charge < -0.3 is 14.2 Å². The van der Waals surface area contributed by atoms with Crippen LogP contribution in [0.2, 0.25) is 0 Å². The molecule has 0 aliphatic carbocycles. The van der Waals surface area contributed by atoms with Gasteiger partial charge in [-0.15, -0.1) is 0 Å². The van der Waals surface area contributed by atoms with Gasteiger partial charge in [0.05, 0.1) is 17.6 Å². The summed E-state index contributed by atoms with van der Waals surface area (Å²) in [7, 11) is 0. The summed E-state index contributed by atoms with van der Waals surface area (Å²) in [4.78, 5) is 7.60. The Morgan fingerprint density at radius 3 is 2.53 bits per heavy atom. The van der Waals surface area contributed by atoms with Gasteiger partial charge in [-0.2, -0.15) is 0 Å². The van der Waals surface area contributed by atoms with Crippen molar-refractivity contribution < 1.29 is 4.74 Å². The highest BCUT2D eigenvalue weighted by Gasteiger charge is 2.13. The highest BCUT2D eigenvalue weighted by Crippen LogP contribution is 2.22. The van der Waals surface area contributed by atoms with Crippen molar-refractivity contribution in [2.75, 3.05) is 26.2 Å². The molecule has 1 aliphatic rings. The van der Waals surface area contributed by atoms with Gasteiger partial charge in [-0.1, -0.05) is 37.1 Å². The SMILES string of the molecule is Cc1cccc(OCCn2c(CCCN3CCCCCC3)nc3ccccc32)c1C. The van der Waals surface area contributed by atoms with Crippen LogP contribution in [0, 0.1) is 13.8 Å². The predicted octanol–water partition coefficient (Wildman–Crippen LogP) is 5.54. The van der Waals surface area contributed by atoms with E-state index in [1.165, 1.54) is 74.2 Å². The summed E-state index contributed by atoms with van der Waals surface area (Å²) >= 11 is 0. The first-order valence-electron chi connectivity index (χ1n) is 11.6. The molecule has 3 aromatic rings. The normalized spacial score (nSPS) is 15.4. The van der Waals surface area contributed by atoms with E-state index in [4.69, 9.17) is 9.72 Å². The zero-order chi connectivity index (χ0) is 20.8. The Labute approximate surface area is 180 Å². The number of hydrogen-bond acceptors (Lipinski definition) is 3. The first-order chi connectivity index (χ1) is 14.7.